The number of nitrogens with zero attached hydrogens (tertiary/aromatic N) is 8. The van der Waals surface area contributed by atoms with E-state index in [9.17, 15) is 38.4 Å². The highest BCUT2D eigenvalue weighted by molar-refractivity contribution is 6.04. The van der Waals surface area contributed by atoms with Gasteiger partial charge < -0.3 is 70.3 Å². The lowest BCUT2D eigenvalue weighted by Crippen LogP contribution is -3.05. The summed E-state index contributed by atoms with van der Waals surface area (Å²) in [7, 11) is 12.2. The number of hydrogen-bond acceptors (Lipinski definition) is 11. The van der Waals surface area contributed by atoms with Crippen LogP contribution in [0.2, 0.25) is 0 Å². The molecule has 0 aromatic carbocycles. The minimum absolute atomic E-state index is 0.0145. The average molecular weight is 915 g/mol. The number of nitrogens with one attached hydrogen (secondary N) is 9. The summed E-state index contributed by atoms with van der Waals surface area (Å²) in [6.45, 7) is 1.55. The summed E-state index contributed by atoms with van der Waals surface area (Å²) in [5.74, 6) is -3.33. The quantitative estimate of drug-likeness (QED) is 0.0355. The molecule has 5 aromatic heterocycles. The van der Waals surface area contributed by atoms with Gasteiger partial charge in [-0.3, -0.25) is 38.4 Å². The molecule has 8 amide bonds. The fourth-order valence-corrected chi connectivity index (χ4v) is 6.45. The van der Waals surface area contributed by atoms with Crippen LogP contribution in [0, 0.1) is 0 Å². The second-order valence-electron chi connectivity index (χ2n) is 15.6. The lowest BCUT2D eigenvalue weighted by Gasteiger charge is -2.09. The highest BCUT2D eigenvalue weighted by Crippen LogP contribution is 2.17. The molecule has 25 heteroatoms. The van der Waals surface area contributed by atoms with E-state index >= 15 is 0 Å². The molecule has 0 atom stereocenters. The van der Waals surface area contributed by atoms with Gasteiger partial charge in [0.25, 0.3) is 29.5 Å². The van der Waals surface area contributed by atoms with Crippen molar-refractivity contribution in [2.75, 3.05) is 68.1 Å². The van der Waals surface area contributed by atoms with Crippen LogP contribution in [0.4, 0.5) is 23.0 Å². The number of aromatic nitrogens is 8. The van der Waals surface area contributed by atoms with Crippen LogP contribution in [0.1, 0.15) is 78.5 Å². The third kappa shape index (κ3) is 13.7. The van der Waals surface area contributed by atoms with Crippen LogP contribution in [0.15, 0.2) is 49.3 Å². The van der Waals surface area contributed by atoms with Crippen molar-refractivity contribution in [1.82, 2.24) is 59.1 Å². The average Bonchev–Trinajstić information content (AvgIpc) is 4.08. The van der Waals surface area contributed by atoms with E-state index in [1.54, 1.807) is 58.4 Å². The first-order valence-corrected chi connectivity index (χ1v) is 20.9. The van der Waals surface area contributed by atoms with E-state index in [0.717, 1.165) is 13.0 Å². The van der Waals surface area contributed by atoms with Crippen molar-refractivity contribution in [1.29, 1.82) is 0 Å². The standard InChI is InChI=1S/C41H55N17O8/c1-53(2)17-8-12-42-31(59)9-13-44-37(62)28-20-26(22-56(28)5)48-41(66)36-52-30(24-58(36)7)50-33(61)11-15-46-39(64)35-51-29(23-57(35)6)49-32(60)10-14-45-38(63)27-19-25(21-55(27)4)47-40(65)34-43-16-18-54(34)3/h16,18-24H,8-15,17H2,1-7H3,(H,42,59)(H,44,62)(H,45,63)(H,46,64)(H,47,65)(H,48,66)(H,49,60)(H,50,61)/p+1. The van der Waals surface area contributed by atoms with Crippen molar-refractivity contribution in [3.8, 4) is 0 Å². The van der Waals surface area contributed by atoms with Gasteiger partial charge in [0.05, 0.1) is 32.0 Å². The molecule has 0 saturated carbocycles. The number of aryl methyl sites for hydroxylation is 5. The highest BCUT2D eigenvalue weighted by atomic mass is 16.2. The number of hydrogen-bond donors (Lipinski definition) is 9. The van der Waals surface area contributed by atoms with E-state index < -0.39 is 41.4 Å². The largest absolute Gasteiger partial charge is 0.356 e. The predicted molar refractivity (Wildman–Crippen MR) is 240 cm³/mol. The van der Waals surface area contributed by atoms with Gasteiger partial charge in [-0.15, -0.1) is 0 Å². The Balaban J connectivity index is 1.00. The Bertz CT molecular complexity index is 2590. The summed E-state index contributed by atoms with van der Waals surface area (Å²) in [4.78, 5) is 115. The summed E-state index contributed by atoms with van der Waals surface area (Å²) < 4.78 is 7.45. The van der Waals surface area contributed by atoms with Gasteiger partial charge in [-0.25, -0.2) is 15.0 Å². The Labute approximate surface area is 379 Å². The van der Waals surface area contributed by atoms with Gasteiger partial charge in [-0.05, 0) is 12.1 Å². The fraction of sp³-hybridized carbons (Fsp3) is 0.390. The molecule has 0 aliphatic carbocycles. The highest BCUT2D eigenvalue weighted by Gasteiger charge is 2.21. The molecular formula is C41H56N17O8+. The van der Waals surface area contributed by atoms with Crippen LogP contribution < -0.4 is 47.4 Å². The van der Waals surface area contributed by atoms with Gasteiger partial charge >= 0.3 is 0 Å². The first-order chi connectivity index (χ1) is 31.4. The molecule has 5 heterocycles. The molecule has 66 heavy (non-hydrogen) atoms. The molecule has 25 nitrogen and oxygen atoms in total. The minimum Gasteiger partial charge on any atom is -0.356 e. The molecule has 0 unspecified atom stereocenters. The Hall–Kier alpha value is -8.09. The van der Waals surface area contributed by atoms with E-state index in [-0.39, 0.29) is 85.3 Å². The molecule has 0 saturated heterocycles. The Morgan fingerprint density at radius 2 is 0.955 bits per heavy atom. The van der Waals surface area contributed by atoms with E-state index in [4.69, 9.17) is 0 Å². The molecule has 5 aromatic rings. The smallest absolute Gasteiger partial charge is 0.291 e. The summed E-state index contributed by atoms with van der Waals surface area (Å²) in [5, 5.41) is 21.4. The number of rotatable bonds is 22. The lowest BCUT2D eigenvalue weighted by atomic mass is 10.3. The zero-order valence-corrected chi connectivity index (χ0v) is 37.8. The summed E-state index contributed by atoms with van der Waals surface area (Å²) >= 11 is 0. The molecule has 9 N–H and O–H groups in total. The molecule has 0 fully saturated rings. The van der Waals surface area contributed by atoms with Gasteiger partial charge in [-0.2, -0.15) is 0 Å². The number of carbonyl (C=O) groups is 8. The van der Waals surface area contributed by atoms with Crippen LogP contribution in [-0.4, -0.2) is 132 Å². The monoisotopic (exact) mass is 914 g/mol. The summed E-state index contributed by atoms with van der Waals surface area (Å²) in [5.41, 5.74) is 1.23. The minimum atomic E-state index is -0.607. The van der Waals surface area contributed by atoms with E-state index in [1.165, 1.54) is 53.9 Å². The van der Waals surface area contributed by atoms with E-state index in [1.807, 2.05) is 14.1 Å². The molecule has 352 valence electrons. The summed E-state index contributed by atoms with van der Waals surface area (Å²) in [6, 6.07) is 2.99. The third-order valence-electron chi connectivity index (χ3n) is 9.80. The van der Waals surface area contributed by atoms with Crippen LogP contribution in [0.25, 0.3) is 0 Å². The van der Waals surface area contributed by atoms with Gasteiger partial charge in [0.15, 0.2) is 17.5 Å². The van der Waals surface area contributed by atoms with Crippen LogP contribution in [0.5, 0.6) is 0 Å². The van der Waals surface area contributed by atoms with Gasteiger partial charge in [0.2, 0.25) is 29.4 Å². The van der Waals surface area contributed by atoms with E-state index in [2.05, 4.69) is 57.5 Å². The maximum atomic E-state index is 13.1. The number of imidazole rings is 3. The first-order valence-electron chi connectivity index (χ1n) is 20.9. The maximum Gasteiger partial charge on any atom is 0.291 e. The van der Waals surface area contributed by atoms with Crippen molar-refractivity contribution in [2.45, 2.75) is 25.7 Å². The van der Waals surface area contributed by atoms with Crippen molar-refractivity contribution < 1.29 is 43.3 Å². The third-order valence-corrected chi connectivity index (χ3v) is 9.80. The van der Waals surface area contributed by atoms with Crippen molar-refractivity contribution >= 4 is 70.3 Å². The molecule has 5 rings (SSSR count). The van der Waals surface area contributed by atoms with Crippen molar-refractivity contribution in [3.63, 3.8) is 0 Å². The number of amides is 8. The Morgan fingerprint density at radius 3 is 1.42 bits per heavy atom. The predicted octanol–water partition coefficient (Wildman–Crippen LogP) is -1.64. The van der Waals surface area contributed by atoms with Gasteiger partial charge in [0.1, 0.15) is 11.4 Å². The first kappa shape index (κ1) is 48.9. The van der Waals surface area contributed by atoms with Gasteiger partial charge in [-0.1, -0.05) is 0 Å². The Morgan fingerprint density at radius 1 is 0.500 bits per heavy atom. The van der Waals surface area contributed by atoms with Gasteiger partial charge in [0, 0.05) is 124 Å². The maximum absolute atomic E-state index is 13.1. The molecule has 0 bridgehead atoms. The van der Waals surface area contributed by atoms with E-state index in [0.29, 0.717) is 17.9 Å². The molecule has 0 spiro atoms. The zero-order valence-electron chi connectivity index (χ0n) is 37.8. The van der Waals surface area contributed by atoms with Crippen molar-refractivity contribution in [3.05, 3.63) is 78.2 Å². The molecule has 0 radical (unpaired) electrons. The second kappa shape index (κ2) is 22.5. The second-order valence-corrected chi connectivity index (χ2v) is 15.6. The number of quaternary nitrogens is 1. The molecule has 0 aliphatic heterocycles. The molecular weight excluding hydrogens is 859 g/mol. The SMILES string of the molecule is Cn1cc(NC(=O)c2nc(NC(=O)CCNC(=O)c3nc(NC(=O)CCNC(=O)c4cc(NC(=O)c5nccn5C)cn4C)cn3C)cn2C)cc1C(=O)NCCC(=O)NCCC[NH+](C)C. The lowest BCUT2D eigenvalue weighted by molar-refractivity contribution is -0.858. The number of anilines is 4. The Kier molecular flexibility index (Phi) is 16.7. The normalized spacial score (nSPS) is 10.9. The van der Waals surface area contributed by atoms with Crippen LogP contribution >= 0.6 is 0 Å². The number of carbonyl (C=O) groups excluding carboxylic acids is 8. The van der Waals surface area contributed by atoms with Crippen LogP contribution in [0.3, 0.4) is 0 Å². The van der Waals surface area contributed by atoms with Crippen molar-refractivity contribution in [2.24, 2.45) is 35.2 Å². The fourth-order valence-electron chi connectivity index (χ4n) is 6.45. The molecule has 0 aliphatic rings. The van der Waals surface area contributed by atoms with Crippen LogP contribution in [-0.2, 0) is 49.6 Å². The summed E-state index contributed by atoms with van der Waals surface area (Å²) in [6.07, 6.45) is 9.87. The topological polar surface area (TPSA) is 301 Å². The zero-order chi connectivity index (χ0) is 48.1.